The van der Waals surface area contributed by atoms with Crippen molar-refractivity contribution in [1.82, 2.24) is 10.2 Å². The maximum Gasteiger partial charge on any atom is 0.449 e. The van der Waals surface area contributed by atoms with Gasteiger partial charge >= 0.3 is 12.2 Å². The first kappa shape index (κ1) is 24.9. The lowest BCUT2D eigenvalue weighted by Crippen LogP contribution is -2.48. The van der Waals surface area contributed by atoms with Crippen LogP contribution in [-0.4, -0.2) is 23.0 Å². The van der Waals surface area contributed by atoms with Gasteiger partial charge in [0.15, 0.2) is 0 Å². The van der Waals surface area contributed by atoms with Crippen LogP contribution < -0.4 is 10.1 Å². The van der Waals surface area contributed by atoms with Crippen LogP contribution in [0.4, 0.5) is 22.4 Å². The van der Waals surface area contributed by atoms with Crippen molar-refractivity contribution in [3.63, 3.8) is 0 Å². The Morgan fingerprint density at radius 3 is 2.65 bits per heavy atom. The van der Waals surface area contributed by atoms with Gasteiger partial charge in [0.25, 0.3) is 0 Å². The Bertz CT molecular complexity index is 1320. The Labute approximate surface area is 211 Å². The summed E-state index contributed by atoms with van der Waals surface area (Å²) >= 11 is 0. The summed E-state index contributed by atoms with van der Waals surface area (Å²) in [5.74, 6) is -0.928. The molecule has 2 bridgehead atoms. The van der Waals surface area contributed by atoms with Crippen LogP contribution in [-0.2, 0) is 19.3 Å². The predicted octanol–water partition coefficient (Wildman–Crippen LogP) is 6.85. The number of fused-ring (bicyclic) bond motifs is 2. The van der Waals surface area contributed by atoms with Gasteiger partial charge < -0.3 is 19.4 Å². The fraction of sp³-hybridized carbons (Fsp3) is 0.321. The molecule has 0 radical (unpaired) electrons. The van der Waals surface area contributed by atoms with E-state index in [0.717, 1.165) is 29.5 Å². The van der Waals surface area contributed by atoms with E-state index in [9.17, 15) is 22.4 Å². The largest absolute Gasteiger partial charge is 0.488 e. The number of hydrogen-bond donors (Lipinski definition) is 1. The van der Waals surface area contributed by atoms with Crippen molar-refractivity contribution in [1.29, 1.82) is 0 Å². The third kappa shape index (κ3) is 5.35. The number of rotatable bonds is 6. The van der Waals surface area contributed by atoms with Crippen LogP contribution in [0, 0.1) is 12.7 Å². The van der Waals surface area contributed by atoms with Crippen molar-refractivity contribution in [3.05, 3.63) is 94.7 Å². The first-order chi connectivity index (χ1) is 17.7. The summed E-state index contributed by atoms with van der Waals surface area (Å²) in [7, 11) is 0. The molecule has 3 heterocycles. The lowest BCUT2D eigenvalue weighted by Gasteiger charge is -2.34. The molecule has 3 aromatic rings. The van der Waals surface area contributed by atoms with E-state index in [0.29, 0.717) is 18.8 Å². The molecule has 1 aromatic heterocycles. The van der Waals surface area contributed by atoms with Gasteiger partial charge in [-0.1, -0.05) is 36.4 Å². The number of nitrogens with one attached hydrogen (secondary N) is 1. The number of urea groups is 1. The normalized spacial score (nSPS) is 19.1. The van der Waals surface area contributed by atoms with Gasteiger partial charge in [0.2, 0.25) is 5.76 Å². The zero-order chi connectivity index (χ0) is 26.2. The average Bonchev–Trinajstić information content (AvgIpc) is 3.38. The van der Waals surface area contributed by atoms with E-state index in [1.807, 2.05) is 36.4 Å². The van der Waals surface area contributed by atoms with Gasteiger partial charge in [-0.25, -0.2) is 9.18 Å². The number of ether oxygens (including phenoxy) is 1. The molecule has 5 nitrogen and oxygen atoms in total. The van der Waals surface area contributed by atoms with Crippen LogP contribution in [0.1, 0.15) is 47.5 Å². The quantitative estimate of drug-likeness (QED) is 0.366. The second kappa shape index (κ2) is 9.95. The smallest absolute Gasteiger partial charge is 0.449 e. The summed E-state index contributed by atoms with van der Waals surface area (Å²) in [4.78, 5) is 14.7. The average molecular weight is 515 g/mol. The predicted molar refractivity (Wildman–Crippen MR) is 129 cm³/mol. The second-order valence-electron chi connectivity index (χ2n) is 9.38. The zero-order valence-electron chi connectivity index (χ0n) is 20.1. The summed E-state index contributed by atoms with van der Waals surface area (Å²) in [5, 5.41) is 2.63. The zero-order valence-corrected chi connectivity index (χ0v) is 20.1. The van der Waals surface area contributed by atoms with E-state index in [4.69, 9.17) is 9.15 Å². The molecule has 0 aliphatic carbocycles. The molecule has 1 saturated heterocycles. The van der Waals surface area contributed by atoms with Gasteiger partial charge in [0.05, 0.1) is 6.04 Å². The van der Waals surface area contributed by atoms with Crippen LogP contribution in [0.15, 0.2) is 65.1 Å². The monoisotopic (exact) mass is 514 g/mol. The number of benzene rings is 2. The van der Waals surface area contributed by atoms with Gasteiger partial charge in [-0.3, -0.25) is 0 Å². The Balaban J connectivity index is 1.31. The molecule has 1 fully saturated rings. The first-order valence-corrected chi connectivity index (χ1v) is 12.1. The minimum Gasteiger partial charge on any atom is -0.488 e. The number of aryl methyl sites for hydroxylation is 1. The van der Waals surface area contributed by atoms with Crippen LogP contribution in [0.25, 0.3) is 5.57 Å². The summed E-state index contributed by atoms with van der Waals surface area (Å²) < 4.78 is 64.5. The molecule has 2 amide bonds. The van der Waals surface area contributed by atoms with Crippen LogP contribution in [0.3, 0.4) is 0 Å². The SMILES string of the molecule is Cc1cc(CNC(=O)N2[C@H]3CC[C@@H]2C=C(c2ccc(F)cc2OCc2ccccc2)C3)c(C(F)(F)F)o1. The highest BCUT2D eigenvalue weighted by molar-refractivity contribution is 5.80. The summed E-state index contributed by atoms with van der Waals surface area (Å²) in [6.45, 7) is 1.44. The molecule has 194 valence electrons. The number of carbonyl (C=O) groups is 1. The number of alkyl halides is 3. The molecular formula is C28H26F4N2O3. The third-order valence-corrected chi connectivity index (χ3v) is 6.78. The lowest BCUT2D eigenvalue weighted by atomic mass is 9.94. The minimum absolute atomic E-state index is 0.106. The lowest BCUT2D eigenvalue weighted by molar-refractivity contribution is -0.154. The van der Waals surface area contributed by atoms with Gasteiger partial charge in [-0.2, -0.15) is 13.2 Å². The van der Waals surface area contributed by atoms with E-state index >= 15 is 0 Å². The first-order valence-electron chi connectivity index (χ1n) is 12.1. The Morgan fingerprint density at radius 2 is 1.92 bits per heavy atom. The molecule has 5 rings (SSSR count). The maximum atomic E-state index is 14.1. The van der Waals surface area contributed by atoms with Gasteiger partial charge in [-0.15, -0.1) is 0 Å². The summed E-state index contributed by atoms with van der Waals surface area (Å²) in [6.07, 6.45) is -0.615. The topological polar surface area (TPSA) is 54.7 Å². The van der Waals surface area contributed by atoms with Crippen LogP contribution in [0.5, 0.6) is 5.75 Å². The minimum atomic E-state index is -4.63. The molecule has 0 unspecified atom stereocenters. The van der Waals surface area contributed by atoms with Gasteiger partial charge in [0.1, 0.15) is 23.9 Å². The number of halogens is 4. The highest BCUT2D eigenvalue weighted by atomic mass is 19.4. The van der Waals surface area contributed by atoms with E-state index in [1.54, 1.807) is 11.0 Å². The Morgan fingerprint density at radius 1 is 1.14 bits per heavy atom. The summed E-state index contributed by atoms with van der Waals surface area (Å²) in [5.41, 5.74) is 2.59. The maximum absolute atomic E-state index is 14.1. The van der Waals surface area contributed by atoms with Crippen molar-refractivity contribution < 1.29 is 31.5 Å². The van der Waals surface area contributed by atoms with Crippen molar-refractivity contribution in [3.8, 4) is 5.75 Å². The molecule has 2 atom stereocenters. The fourth-order valence-corrected chi connectivity index (χ4v) is 5.16. The van der Waals surface area contributed by atoms with Crippen LogP contribution >= 0.6 is 0 Å². The van der Waals surface area contributed by atoms with Gasteiger partial charge in [-0.05, 0) is 55.5 Å². The fourth-order valence-electron chi connectivity index (χ4n) is 5.16. The van der Waals surface area contributed by atoms with Gasteiger partial charge in [0, 0.05) is 29.8 Å². The number of nitrogens with zero attached hydrogens (tertiary/aromatic N) is 1. The molecule has 9 heteroatoms. The number of amides is 2. The van der Waals surface area contributed by atoms with E-state index in [2.05, 4.69) is 5.32 Å². The molecule has 2 aliphatic rings. The summed E-state index contributed by atoms with van der Waals surface area (Å²) in [6, 6.07) is 14.6. The van der Waals surface area contributed by atoms with Crippen molar-refractivity contribution in [2.75, 3.05) is 0 Å². The molecule has 2 aliphatic heterocycles. The van der Waals surface area contributed by atoms with E-state index in [1.165, 1.54) is 25.1 Å². The molecule has 1 N–H and O–H groups in total. The van der Waals surface area contributed by atoms with E-state index < -0.39 is 23.8 Å². The highest BCUT2D eigenvalue weighted by Gasteiger charge is 2.41. The number of carbonyl (C=O) groups excluding carboxylic acids is 1. The third-order valence-electron chi connectivity index (χ3n) is 6.78. The molecule has 0 saturated carbocycles. The van der Waals surface area contributed by atoms with Crippen LogP contribution in [0.2, 0.25) is 0 Å². The standard InChI is InChI=1S/C28H26F4N2O3/c1-17-11-20(26(37-17)28(30,31)32)15-33-27(35)34-22-8-9-23(34)13-19(12-22)24-10-7-21(29)14-25(24)36-16-18-5-3-2-4-6-18/h2-7,10-12,14,22-23H,8-9,13,15-16H2,1H3,(H,33,35)/t22-,23+/m1/s1. The van der Waals surface area contributed by atoms with Crippen molar-refractivity contribution >= 4 is 11.6 Å². The Kier molecular flexibility index (Phi) is 6.70. The molecule has 0 spiro atoms. The number of furan rings is 1. The molecule has 2 aromatic carbocycles. The van der Waals surface area contributed by atoms with Crippen molar-refractivity contribution in [2.24, 2.45) is 0 Å². The highest BCUT2D eigenvalue weighted by Crippen LogP contribution is 2.41. The Hall–Kier alpha value is -3.75. The van der Waals surface area contributed by atoms with E-state index in [-0.39, 0.29) is 30.0 Å². The molecular weight excluding hydrogens is 488 g/mol. The number of hydrogen-bond acceptors (Lipinski definition) is 3. The molecule has 37 heavy (non-hydrogen) atoms. The van der Waals surface area contributed by atoms with Crippen molar-refractivity contribution in [2.45, 2.75) is 57.6 Å². The second-order valence-corrected chi connectivity index (χ2v) is 9.38.